The molecule has 0 saturated carbocycles. The van der Waals surface area contributed by atoms with E-state index in [0.29, 0.717) is 16.6 Å². The lowest BCUT2D eigenvalue weighted by Gasteiger charge is -2.44. The normalized spacial score (nSPS) is 17.5. The number of hydrogen-bond acceptors (Lipinski definition) is 0. The standard InChI is InChI=1S/C15H30B/c1-9-10-13(3)16-11-12(2)15(7,8)14(4,5)6/h9-10,12-13H,11H2,1-8H3/b10-9-. The second kappa shape index (κ2) is 5.93. The highest BCUT2D eigenvalue weighted by molar-refractivity contribution is 6.38. The highest BCUT2D eigenvalue weighted by atomic mass is 14.4. The van der Waals surface area contributed by atoms with Crippen LogP contribution in [0.1, 0.15) is 55.4 Å². The Morgan fingerprint density at radius 1 is 1.06 bits per heavy atom. The molecule has 0 nitrogen and oxygen atoms in total. The van der Waals surface area contributed by atoms with E-state index in [1.807, 2.05) is 0 Å². The van der Waals surface area contributed by atoms with Crippen molar-refractivity contribution in [2.24, 2.45) is 16.7 Å². The SMILES string of the molecule is C/C=C\C(C)[B]CC(C)C(C)(C)C(C)(C)C. The number of rotatable bonds is 5. The molecule has 2 unspecified atom stereocenters. The minimum Gasteiger partial charge on any atom is -0.0939 e. The summed E-state index contributed by atoms with van der Waals surface area (Å²) < 4.78 is 0. The summed E-state index contributed by atoms with van der Waals surface area (Å²) in [6.45, 7) is 18.6. The largest absolute Gasteiger partial charge is 0.118 e. The van der Waals surface area contributed by atoms with Crippen molar-refractivity contribution in [3.63, 3.8) is 0 Å². The van der Waals surface area contributed by atoms with Gasteiger partial charge in [-0.3, -0.25) is 0 Å². The van der Waals surface area contributed by atoms with Crippen LogP contribution in [0.5, 0.6) is 0 Å². The maximum atomic E-state index is 2.44. The summed E-state index contributed by atoms with van der Waals surface area (Å²) in [6.07, 6.45) is 5.60. The molecule has 0 bridgehead atoms. The Morgan fingerprint density at radius 3 is 1.94 bits per heavy atom. The predicted molar refractivity (Wildman–Crippen MR) is 77.2 cm³/mol. The summed E-state index contributed by atoms with van der Waals surface area (Å²) in [6, 6.07) is 0. The van der Waals surface area contributed by atoms with Crippen molar-refractivity contribution in [2.45, 2.75) is 67.5 Å². The molecule has 0 spiro atoms. The van der Waals surface area contributed by atoms with Crippen LogP contribution in [0.15, 0.2) is 12.2 Å². The molecule has 0 aliphatic carbocycles. The van der Waals surface area contributed by atoms with Gasteiger partial charge in [-0.25, -0.2) is 0 Å². The molecule has 93 valence electrons. The van der Waals surface area contributed by atoms with Crippen molar-refractivity contribution in [3.8, 4) is 0 Å². The van der Waals surface area contributed by atoms with Gasteiger partial charge in [0.2, 0.25) is 0 Å². The van der Waals surface area contributed by atoms with Crippen LogP contribution in [0, 0.1) is 16.7 Å². The van der Waals surface area contributed by atoms with E-state index in [1.54, 1.807) is 0 Å². The summed E-state index contributed by atoms with van der Waals surface area (Å²) in [5, 5.41) is 0. The zero-order chi connectivity index (χ0) is 13.0. The van der Waals surface area contributed by atoms with Gasteiger partial charge in [0.15, 0.2) is 0 Å². The Bertz CT molecular complexity index is 220. The van der Waals surface area contributed by atoms with Crippen LogP contribution in [0.3, 0.4) is 0 Å². The zero-order valence-electron chi connectivity index (χ0n) is 12.6. The number of hydrogen-bond donors (Lipinski definition) is 0. The van der Waals surface area contributed by atoms with Crippen molar-refractivity contribution in [1.82, 2.24) is 0 Å². The smallest absolute Gasteiger partial charge is 0.0939 e. The highest BCUT2D eigenvalue weighted by Crippen LogP contribution is 2.45. The molecule has 0 aromatic carbocycles. The molecule has 0 saturated heterocycles. The fraction of sp³-hybridized carbons (Fsp3) is 0.867. The van der Waals surface area contributed by atoms with Crippen LogP contribution in [-0.2, 0) is 0 Å². The van der Waals surface area contributed by atoms with Gasteiger partial charge in [0.25, 0.3) is 0 Å². The Morgan fingerprint density at radius 2 is 1.56 bits per heavy atom. The van der Waals surface area contributed by atoms with Gasteiger partial charge >= 0.3 is 0 Å². The summed E-state index contributed by atoms with van der Waals surface area (Å²) >= 11 is 0. The first-order valence-electron chi connectivity index (χ1n) is 6.59. The van der Waals surface area contributed by atoms with E-state index >= 15 is 0 Å². The third-order valence-electron chi connectivity index (χ3n) is 4.52. The molecular formula is C15H30B. The highest BCUT2D eigenvalue weighted by Gasteiger charge is 2.37. The minimum absolute atomic E-state index is 0.365. The summed E-state index contributed by atoms with van der Waals surface area (Å²) in [5.41, 5.74) is 0.739. The minimum atomic E-state index is 0.365. The Kier molecular flexibility index (Phi) is 5.86. The van der Waals surface area contributed by atoms with Crippen molar-refractivity contribution >= 4 is 7.28 Å². The van der Waals surface area contributed by atoms with Crippen molar-refractivity contribution < 1.29 is 0 Å². The molecule has 0 heterocycles. The van der Waals surface area contributed by atoms with Crippen LogP contribution in [-0.4, -0.2) is 7.28 Å². The van der Waals surface area contributed by atoms with Gasteiger partial charge in [0.1, 0.15) is 7.28 Å². The van der Waals surface area contributed by atoms with Crippen molar-refractivity contribution in [1.29, 1.82) is 0 Å². The Labute approximate surface area is 104 Å². The quantitative estimate of drug-likeness (QED) is 0.442. The maximum absolute atomic E-state index is 2.44. The van der Waals surface area contributed by atoms with E-state index in [2.05, 4.69) is 74.8 Å². The van der Waals surface area contributed by atoms with Gasteiger partial charge in [-0.15, -0.1) is 0 Å². The van der Waals surface area contributed by atoms with Crippen LogP contribution < -0.4 is 0 Å². The van der Waals surface area contributed by atoms with Gasteiger partial charge in [-0.05, 0) is 23.7 Å². The first-order chi connectivity index (χ1) is 7.13. The molecule has 0 fully saturated rings. The molecule has 16 heavy (non-hydrogen) atoms. The summed E-state index contributed by atoms with van der Waals surface area (Å²) in [7, 11) is 2.44. The molecule has 0 amide bonds. The van der Waals surface area contributed by atoms with Gasteiger partial charge in [-0.1, -0.05) is 72.8 Å². The molecule has 1 heteroatoms. The lowest BCUT2D eigenvalue weighted by molar-refractivity contribution is 0.0736. The first-order valence-corrected chi connectivity index (χ1v) is 6.59. The third-order valence-corrected chi connectivity index (χ3v) is 4.52. The molecular weight excluding hydrogens is 191 g/mol. The average Bonchev–Trinajstić information content (AvgIpc) is 2.12. The fourth-order valence-electron chi connectivity index (χ4n) is 1.83. The van der Waals surface area contributed by atoms with Crippen LogP contribution >= 0.6 is 0 Å². The third kappa shape index (κ3) is 4.35. The maximum Gasteiger partial charge on any atom is 0.118 e. The molecule has 0 aliphatic rings. The molecule has 0 rings (SSSR count). The van der Waals surface area contributed by atoms with E-state index < -0.39 is 0 Å². The summed E-state index contributed by atoms with van der Waals surface area (Å²) in [5.74, 6) is 1.32. The number of allylic oxidation sites excluding steroid dienone is 2. The lowest BCUT2D eigenvalue weighted by Crippen LogP contribution is -2.36. The molecule has 1 radical (unpaired) electrons. The predicted octanol–water partition coefficient (Wildman–Crippen LogP) is 5.20. The van der Waals surface area contributed by atoms with Crippen LogP contribution in [0.25, 0.3) is 0 Å². The average molecular weight is 221 g/mol. The fourth-order valence-corrected chi connectivity index (χ4v) is 1.83. The zero-order valence-corrected chi connectivity index (χ0v) is 12.6. The first kappa shape index (κ1) is 15.8. The molecule has 0 N–H and O–H groups in total. The van der Waals surface area contributed by atoms with Gasteiger partial charge in [-0.2, -0.15) is 0 Å². The van der Waals surface area contributed by atoms with E-state index in [9.17, 15) is 0 Å². The summed E-state index contributed by atoms with van der Waals surface area (Å²) in [4.78, 5) is 0. The molecule has 2 atom stereocenters. The second-order valence-electron chi connectivity index (χ2n) is 6.73. The van der Waals surface area contributed by atoms with E-state index in [0.717, 1.165) is 5.92 Å². The molecule has 0 aromatic heterocycles. The van der Waals surface area contributed by atoms with E-state index in [-0.39, 0.29) is 0 Å². The van der Waals surface area contributed by atoms with Gasteiger partial charge in [0, 0.05) is 0 Å². The van der Waals surface area contributed by atoms with Crippen molar-refractivity contribution in [2.75, 3.05) is 0 Å². The molecule has 0 aromatic rings. The second-order valence-corrected chi connectivity index (χ2v) is 6.73. The van der Waals surface area contributed by atoms with Crippen LogP contribution in [0.4, 0.5) is 0 Å². The lowest BCUT2D eigenvalue weighted by atomic mass is 9.52. The van der Waals surface area contributed by atoms with Crippen LogP contribution in [0.2, 0.25) is 12.1 Å². The topological polar surface area (TPSA) is 0 Å². The van der Waals surface area contributed by atoms with Gasteiger partial charge in [0.05, 0.1) is 0 Å². The molecule has 0 aliphatic heterocycles. The Balaban J connectivity index is 4.31. The van der Waals surface area contributed by atoms with E-state index in [1.165, 1.54) is 6.32 Å². The Hall–Kier alpha value is -0.195. The van der Waals surface area contributed by atoms with E-state index in [4.69, 9.17) is 0 Å². The van der Waals surface area contributed by atoms with Gasteiger partial charge < -0.3 is 0 Å². The monoisotopic (exact) mass is 221 g/mol. The van der Waals surface area contributed by atoms with Crippen molar-refractivity contribution in [3.05, 3.63) is 12.2 Å².